The smallest absolute Gasteiger partial charge is 0.259 e. The van der Waals surface area contributed by atoms with Crippen molar-refractivity contribution < 1.29 is 9.32 Å². The van der Waals surface area contributed by atoms with Crippen LogP contribution in [0, 0.1) is 0 Å². The number of fused-ring (bicyclic) bond motifs is 1. The molecule has 0 saturated carbocycles. The van der Waals surface area contributed by atoms with Gasteiger partial charge in [0.1, 0.15) is 5.82 Å². The number of halogens is 1. The molecule has 0 unspecified atom stereocenters. The van der Waals surface area contributed by atoms with Gasteiger partial charge in [-0.15, -0.1) is 10.2 Å². The average Bonchev–Trinajstić information content (AvgIpc) is 3.31. The van der Waals surface area contributed by atoms with Crippen molar-refractivity contribution in [3.05, 3.63) is 59.3 Å². The summed E-state index contributed by atoms with van der Waals surface area (Å²) in [6.07, 6.45) is 3.56. The molecular formula is C19H17ClN6O2. The predicted octanol–water partition coefficient (Wildman–Crippen LogP) is 3.57. The SMILES string of the molecule is CCCc1noc(-c2ccc3nnc(CC(=O)Nc4ccc(Cl)cc4)n3c2)n1. The van der Waals surface area contributed by atoms with Gasteiger partial charge in [-0.3, -0.25) is 9.20 Å². The van der Waals surface area contributed by atoms with Gasteiger partial charge in [-0.1, -0.05) is 23.7 Å². The summed E-state index contributed by atoms with van der Waals surface area (Å²) in [7, 11) is 0. The molecule has 1 aromatic carbocycles. The van der Waals surface area contributed by atoms with Gasteiger partial charge >= 0.3 is 0 Å². The van der Waals surface area contributed by atoms with Crippen molar-refractivity contribution in [1.29, 1.82) is 0 Å². The Bertz CT molecular complexity index is 1120. The van der Waals surface area contributed by atoms with Gasteiger partial charge in [0.25, 0.3) is 5.89 Å². The van der Waals surface area contributed by atoms with Gasteiger partial charge in [-0.05, 0) is 42.8 Å². The quantitative estimate of drug-likeness (QED) is 0.535. The third kappa shape index (κ3) is 3.86. The topological polar surface area (TPSA) is 98.2 Å². The van der Waals surface area contributed by atoms with E-state index in [1.54, 1.807) is 40.9 Å². The molecule has 8 nitrogen and oxygen atoms in total. The van der Waals surface area contributed by atoms with E-state index in [0.717, 1.165) is 18.4 Å². The van der Waals surface area contributed by atoms with Gasteiger partial charge < -0.3 is 9.84 Å². The molecule has 142 valence electrons. The lowest BCUT2D eigenvalue weighted by atomic mass is 10.2. The fraction of sp³-hybridized carbons (Fsp3) is 0.211. The van der Waals surface area contributed by atoms with E-state index >= 15 is 0 Å². The number of nitrogens with zero attached hydrogens (tertiary/aromatic N) is 5. The Labute approximate surface area is 165 Å². The standard InChI is InChI=1S/C19H17ClN6O2/c1-2-3-15-22-19(28-25-15)12-4-9-16-23-24-17(26(16)11-12)10-18(27)21-14-7-5-13(20)6-8-14/h4-9,11H,2-3,10H2,1H3,(H,21,27). The van der Waals surface area contributed by atoms with Crippen molar-refractivity contribution >= 4 is 28.8 Å². The number of pyridine rings is 1. The third-order valence-electron chi connectivity index (χ3n) is 4.11. The maximum absolute atomic E-state index is 12.4. The van der Waals surface area contributed by atoms with E-state index in [2.05, 4.69) is 32.6 Å². The van der Waals surface area contributed by atoms with Gasteiger partial charge in [0.15, 0.2) is 11.5 Å². The summed E-state index contributed by atoms with van der Waals surface area (Å²) >= 11 is 5.86. The fourth-order valence-electron chi connectivity index (χ4n) is 2.76. The molecule has 0 aliphatic heterocycles. The number of hydrogen-bond donors (Lipinski definition) is 1. The Morgan fingerprint density at radius 2 is 2.00 bits per heavy atom. The highest BCUT2D eigenvalue weighted by Gasteiger charge is 2.14. The normalized spacial score (nSPS) is 11.1. The molecule has 1 amide bonds. The number of rotatable bonds is 6. The summed E-state index contributed by atoms with van der Waals surface area (Å²) in [6.45, 7) is 2.06. The van der Waals surface area contributed by atoms with Crippen molar-refractivity contribution in [2.75, 3.05) is 5.32 Å². The Hall–Kier alpha value is -3.26. The highest BCUT2D eigenvalue weighted by atomic mass is 35.5. The zero-order valence-corrected chi connectivity index (χ0v) is 15.8. The van der Waals surface area contributed by atoms with E-state index in [1.165, 1.54) is 0 Å². The highest BCUT2D eigenvalue weighted by molar-refractivity contribution is 6.30. The monoisotopic (exact) mass is 396 g/mol. The second-order valence-corrected chi connectivity index (χ2v) is 6.70. The van der Waals surface area contributed by atoms with Crippen molar-refractivity contribution in [3.8, 4) is 11.5 Å². The summed E-state index contributed by atoms with van der Waals surface area (Å²) in [6, 6.07) is 10.5. The lowest BCUT2D eigenvalue weighted by molar-refractivity contribution is -0.115. The van der Waals surface area contributed by atoms with E-state index in [9.17, 15) is 4.79 Å². The molecule has 0 fully saturated rings. The van der Waals surface area contributed by atoms with Crippen LogP contribution in [0.5, 0.6) is 0 Å². The number of amides is 1. The highest BCUT2D eigenvalue weighted by Crippen LogP contribution is 2.19. The van der Waals surface area contributed by atoms with Crippen molar-refractivity contribution in [3.63, 3.8) is 0 Å². The number of anilines is 1. The minimum atomic E-state index is -0.204. The largest absolute Gasteiger partial charge is 0.334 e. The number of aromatic nitrogens is 5. The molecule has 28 heavy (non-hydrogen) atoms. The average molecular weight is 397 g/mol. The van der Waals surface area contributed by atoms with Crippen LogP contribution in [0.2, 0.25) is 5.02 Å². The van der Waals surface area contributed by atoms with Crippen molar-refractivity contribution in [2.45, 2.75) is 26.2 Å². The molecule has 0 aliphatic carbocycles. The number of nitrogens with one attached hydrogen (secondary N) is 1. The zero-order valence-electron chi connectivity index (χ0n) is 15.1. The summed E-state index contributed by atoms with van der Waals surface area (Å²) in [5.41, 5.74) is 2.03. The van der Waals surface area contributed by atoms with Gasteiger partial charge in [0.2, 0.25) is 5.91 Å². The van der Waals surface area contributed by atoms with E-state index in [1.807, 2.05) is 6.07 Å². The van der Waals surface area contributed by atoms with Gasteiger partial charge in [0, 0.05) is 23.3 Å². The summed E-state index contributed by atoms with van der Waals surface area (Å²) in [4.78, 5) is 16.8. The molecule has 0 bridgehead atoms. The van der Waals surface area contributed by atoms with Crippen molar-refractivity contribution in [1.82, 2.24) is 24.7 Å². The molecule has 9 heteroatoms. The first-order valence-electron chi connectivity index (χ1n) is 8.84. The van der Waals surface area contributed by atoms with E-state index in [-0.39, 0.29) is 12.3 Å². The van der Waals surface area contributed by atoms with Gasteiger partial charge in [0.05, 0.1) is 12.0 Å². The molecule has 0 radical (unpaired) electrons. The maximum Gasteiger partial charge on any atom is 0.259 e. The van der Waals surface area contributed by atoms with Crippen LogP contribution in [-0.2, 0) is 17.6 Å². The Kier molecular flexibility index (Phi) is 5.03. The molecule has 3 aromatic heterocycles. The molecule has 0 aliphatic rings. The minimum absolute atomic E-state index is 0.0676. The van der Waals surface area contributed by atoms with E-state index in [4.69, 9.17) is 16.1 Å². The molecule has 0 saturated heterocycles. The first kappa shape index (κ1) is 18.1. The van der Waals surface area contributed by atoms with Crippen LogP contribution in [0.15, 0.2) is 47.1 Å². The molecule has 1 N–H and O–H groups in total. The molecule has 0 atom stereocenters. The first-order valence-corrected chi connectivity index (χ1v) is 9.22. The number of aryl methyl sites for hydroxylation is 1. The molecule has 0 spiro atoms. The van der Waals surface area contributed by atoms with Crippen LogP contribution in [0.4, 0.5) is 5.69 Å². The Balaban J connectivity index is 1.55. The molecular weight excluding hydrogens is 380 g/mol. The minimum Gasteiger partial charge on any atom is -0.334 e. The molecule has 4 aromatic rings. The maximum atomic E-state index is 12.4. The number of benzene rings is 1. The van der Waals surface area contributed by atoms with Gasteiger partial charge in [-0.25, -0.2) is 0 Å². The van der Waals surface area contributed by atoms with Gasteiger partial charge in [-0.2, -0.15) is 4.98 Å². The van der Waals surface area contributed by atoms with Crippen LogP contribution < -0.4 is 5.32 Å². The summed E-state index contributed by atoms with van der Waals surface area (Å²) in [5, 5.41) is 15.6. The zero-order chi connectivity index (χ0) is 19.5. The second-order valence-electron chi connectivity index (χ2n) is 6.26. The van der Waals surface area contributed by atoms with Crippen LogP contribution >= 0.6 is 11.6 Å². The second kappa shape index (κ2) is 7.77. The lowest BCUT2D eigenvalue weighted by Crippen LogP contribution is -2.16. The van der Waals surface area contributed by atoms with Crippen LogP contribution in [-0.4, -0.2) is 30.6 Å². The first-order chi connectivity index (χ1) is 13.6. The van der Waals surface area contributed by atoms with Crippen LogP contribution in [0.1, 0.15) is 25.0 Å². The predicted molar refractivity (Wildman–Crippen MR) is 104 cm³/mol. The third-order valence-corrected chi connectivity index (χ3v) is 4.36. The summed E-state index contributed by atoms with van der Waals surface area (Å²) < 4.78 is 7.08. The molecule has 3 heterocycles. The van der Waals surface area contributed by atoms with Crippen LogP contribution in [0.25, 0.3) is 17.1 Å². The van der Waals surface area contributed by atoms with E-state index in [0.29, 0.717) is 33.9 Å². The Morgan fingerprint density at radius 3 is 2.79 bits per heavy atom. The lowest BCUT2D eigenvalue weighted by Gasteiger charge is -2.05. The summed E-state index contributed by atoms with van der Waals surface area (Å²) in [5.74, 6) is 1.40. The molecule has 4 rings (SSSR count). The van der Waals surface area contributed by atoms with E-state index < -0.39 is 0 Å². The number of hydrogen-bond acceptors (Lipinski definition) is 6. The van der Waals surface area contributed by atoms with Crippen molar-refractivity contribution in [2.24, 2.45) is 0 Å². The Morgan fingerprint density at radius 1 is 1.18 bits per heavy atom. The number of carbonyl (C=O) groups is 1. The van der Waals surface area contributed by atoms with Crippen LogP contribution in [0.3, 0.4) is 0 Å². The number of carbonyl (C=O) groups excluding carboxylic acids is 1. The fourth-order valence-corrected chi connectivity index (χ4v) is 2.89.